The van der Waals surface area contributed by atoms with E-state index in [0.29, 0.717) is 25.2 Å². The maximum atomic E-state index is 12.4. The van der Waals surface area contributed by atoms with E-state index in [2.05, 4.69) is 18.7 Å². The minimum Gasteiger partial charge on any atom is -0.465 e. The van der Waals surface area contributed by atoms with Crippen molar-refractivity contribution in [1.29, 1.82) is 0 Å². The van der Waals surface area contributed by atoms with E-state index >= 15 is 0 Å². The molecule has 0 radical (unpaired) electrons. The summed E-state index contributed by atoms with van der Waals surface area (Å²) in [5.74, 6) is 0.709. The zero-order valence-electron chi connectivity index (χ0n) is 20.6. The smallest absolute Gasteiger partial charge is 0.309 e. The fourth-order valence-electron chi connectivity index (χ4n) is 5.47. The Morgan fingerprint density at radius 2 is 1.65 bits per heavy atom. The van der Waals surface area contributed by atoms with Crippen LogP contribution in [0, 0.1) is 11.8 Å². The van der Waals surface area contributed by atoms with Gasteiger partial charge in [0.25, 0.3) is 0 Å². The Kier molecular flexibility index (Phi) is 12.4. The molecule has 0 heterocycles. The van der Waals surface area contributed by atoms with Gasteiger partial charge in [-0.1, -0.05) is 6.92 Å². The van der Waals surface area contributed by atoms with Gasteiger partial charge in [-0.15, -0.1) is 0 Å². The molecule has 182 valence electrons. The molecule has 6 heteroatoms. The van der Waals surface area contributed by atoms with Crippen molar-refractivity contribution in [2.75, 3.05) is 41.0 Å². The maximum Gasteiger partial charge on any atom is 0.309 e. The number of hydrogen-bond donors (Lipinski definition) is 0. The number of methoxy groups -OCH3 is 3. The van der Waals surface area contributed by atoms with Crippen LogP contribution in [0.15, 0.2) is 0 Å². The Bertz CT molecular complexity index is 494. The summed E-state index contributed by atoms with van der Waals surface area (Å²) < 4.78 is 22.1. The number of rotatable bonds is 13. The third kappa shape index (κ3) is 8.64. The Morgan fingerprint density at radius 1 is 0.935 bits per heavy atom. The number of carbonyl (C=O) groups excluding carboxylic acids is 1. The normalized spacial score (nSPS) is 30.3. The van der Waals surface area contributed by atoms with Gasteiger partial charge in [0, 0.05) is 27.4 Å². The molecule has 4 atom stereocenters. The van der Waals surface area contributed by atoms with Crippen LogP contribution in [-0.2, 0) is 23.7 Å². The van der Waals surface area contributed by atoms with Gasteiger partial charge in [0.05, 0.1) is 30.8 Å². The van der Waals surface area contributed by atoms with Crippen LogP contribution >= 0.6 is 0 Å². The predicted molar refractivity (Wildman–Crippen MR) is 123 cm³/mol. The molecule has 2 saturated carbocycles. The predicted octanol–water partition coefficient (Wildman–Crippen LogP) is 4.45. The largest absolute Gasteiger partial charge is 0.465 e. The van der Waals surface area contributed by atoms with Gasteiger partial charge in [0.2, 0.25) is 0 Å². The topological polar surface area (TPSA) is 57.2 Å². The minimum atomic E-state index is -0.0658. The molecule has 0 spiro atoms. The first-order valence-electron chi connectivity index (χ1n) is 12.5. The van der Waals surface area contributed by atoms with Gasteiger partial charge in [0.1, 0.15) is 0 Å². The summed E-state index contributed by atoms with van der Waals surface area (Å²) in [6, 6.07) is 0.610. The number of esters is 1. The number of unbranched alkanes of at least 4 members (excludes halogenated alkanes) is 1. The van der Waals surface area contributed by atoms with Crippen LogP contribution in [0.3, 0.4) is 0 Å². The van der Waals surface area contributed by atoms with Gasteiger partial charge in [0.15, 0.2) is 0 Å². The Labute approximate surface area is 190 Å². The summed E-state index contributed by atoms with van der Waals surface area (Å²) in [7, 11) is 5.24. The summed E-state index contributed by atoms with van der Waals surface area (Å²) >= 11 is 0. The number of nitrogens with zero attached hydrogens (tertiary/aromatic N) is 1. The van der Waals surface area contributed by atoms with Gasteiger partial charge < -0.3 is 23.8 Å². The van der Waals surface area contributed by atoms with Crippen LogP contribution in [0.25, 0.3) is 0 Å². The second kappa shape index (κ2) is 14.5. The summed E-state index contributed by atoms with van der Waals surface area (Å²) in [5.41, 5.74) is 0. The van der Waals surface area contributed by atoms with Crippen molar-refractivity contribution < 1.29 is 23.7 Å². The van der Waals surface area contributed by atoms with E-state index in [4.69, 9.17) is 18.9 Å². The van der Waals surface area contributed by atoms with Crippen LogP contribution < -0.4 is 0 Å². The second-order valence-electron chi connectivity index (χ2n) is 9.52. The average molecular weight is 442 g/mol. The van der Waals surface area contributed by atoms with Gasteiger partial charge in [-0.3, -0.25) is 4.79 Å². The molecule has 2 aliphatic rings. The lowest BCUT2D eigenvalue weighted by Gasteiger charge is -2.34. The van der Waals surface area contributed by atoms with Crippen molar-refractivity contribution in [3.05, 3.63) is 0 Å². The molecule has 6 nitrogen and oxygen atoms in total. The molecule has 0 aliphatic heterocycles. The van der Waals surface area contributed by atoms with Crippen LogP contribution in [-0.4, -0.2) is 76.2 Å². The summed E-state index contributed by atoms with van der Waals surface area (Å²) in [4.78, 5) is 15.0. The minimum absolute atomic E-state index is 0.0135. The lowest BCUT2D eigenvalue weighted by Crippen LogP contribution is -2.39. The molecule has 0 aromatic rings. The van der Waals surface area contributed by atoms with Crippen molar-refractivity contribution in [2.45, 2.75) is 102 Å². The maximum absolute atomic E-state index is 12.4. The van der Waals surface area contributed by atoms with Crippen molar-refractivity contribution in [2.24, 2.45) is 11.8 Å². The molecular weight excluding hydrogens is 394 g/mol. The highest BCUT2D eigenvalue weighted by atomic mass is 16.5. The Morgan fingerprint density at radius 3 is 2.26 bits per heavy atom. The van der Waals surface area contributed by atoms with Crippen LogP contribution in [0.5, 0.6) is 0 Å². The Hall–Kier alpha value is -0.690. The van der Waals surface area contributed by atoms with E-state index in [-0.39, 0.29) is 24.1 Å². The first-order valence-corrected chi connectivity index (χ1v) is 12.5. The molecule has 4 unspecified atom stereocenters. The zero-order chi connectivity index (χ0) is 22.6. The van der Waals surface area contributed by atoms with Gasteiger partial charge >= 0.3 is 5.97 Å². The first kappa shape index (κ1) is 26.6. The van der Waals surface area contributed by atoms with Crippen molar-refractivity contribution >= 4 is 5.97 Å². The lowest BCUT2D eigenvalue weighted by molar-refractivity contribution is -0.154. The third-order valence-corrected chi connectivity index (χ3v) is 7.59. The van der Waals surface area contributed by atoms with Crippen LogP contribution in [0.1, 0.15) is 78.1 Å². The lowest BCUT2D eigenvalue weighted by atomic mass is 9.83. The first-order chi connectivity index (χ1) is 15.0. The van der Waals surface area contributed by atoms with Crippen LogP contribution in [0.2, 0.25) is 0 Å². The SMILES string of the molecule is CCN(CCCCOC(=O)C1CCC(OC)C(OC)C1)C(C)CC1CCC(OC)CC1. The molecule has 0 aromatic heterocycles. The number of carbonyl (C=O) groups is 1. The van der Waals surface area contributed by atoms with Gasteiger partial charge in [-0.05, 0) is 90.1 Å². The van der Waals surface area contributed by atoms with Crippen LogP contribution in [0.4, 0.5) is 0 Å². The summed E-state index contributed by atoms with van der Waals surface area (Å²) in [5, 5.41) is 0. The van der Waals surface area contributed by atoms with E-state index in [0.717, 1.165) is 44.7 Å². The average Bonchev–Trinajstić information content (AvgIpc) is 2.81. The molecule has 0 amide bonds. The molecular formula is C25H47NO5. The molecule has 0 N–H and O–H groups in total. The number of hydrogen-bond acceptors (Lipinski definition) is 6. The molecule has 31 heavy (non-hydrogen) atoms. The second-order valence-corrected chi connectivity index (χ2v) is 9.52. The Balaban J connectivity index is 1.60. The monoisotopic (exact) mass is 441 g/mol. The molecule has 0 saturated heterocycles. The van der Waals surface area contributed by atoms with E-state index in [9.17, 15) is 4.79 Å². The fourth-order valence-corrected chi connectivity index (χ4v) is 5.47. The highest BCUT2D eigenvalue weighted by Gasteiger charge is 2.34. The molecule has 2 aliphatic carbocycles. The van der Waals surface area contributed by atoms with Crippen molar-refractivity contribution in [1.82, 2.24) is 4.90 Å². The van der Waals surface area contributed by atoms with Crippen molar-refractivity contribution in [3.8, 4) is 0 Å². The van der Waals surface area contributed by atoms with Gasteiger partial charge in [-0.2, -0.15) is 0 Å². The fraction of sp³-hybridized carbons (Fsp3) is 0.960. The van der Waals surface area contributed by atoms with Gasteiger partial charge in [-0.25, -0.2) is 0 Å². The van der Waals surface area contributed by atoms with E-state index in [1.165, 1.54) is 32.1 Å². The molecule has 2 rings (SSSR count). The zero-order valence-corrected chi connectivity index (χ0v) is 20.6. The highest BCUT2D eigenvalue weighted by molar-refractivity contribution is 5.72. The number of ether oxygens (including phenoxy) is 4. The molecule has 2 fully saturated rings. The summed E-state index contributed by atoms with van der Waals surface area (Å²) in [6.07, 6.45) is 11.2. The quantitative estimate of drug-likeness (QED) is 0.311. The van der Waals surface area contributed by atoms with Crippen molar-refractivity contribution in [3.63, 3.8) is 0 Å². The molecule has 0 aromatic carbocycles. The van der Waals surface area contributed by atoms with E-state index in [1.807, 2.05) is 7.11 Å². The van der Waals surface area contributed by atoms with E-state index in [1.54, 1.807) is 14.2 Å². The molecule has 0 bridgehead atoms. The van der Waals surface area contributed by atoms with E-state index < -0.39 is 0 Å². The third-order valence-electron chi connectivity index (χ3n) is 7.59. The highest BCUT2D eigenvalue weighted by Crippen LogP contribution is 2.31. The summed E-state index contributed by atoms with van der Waals surface area (Å²) in [6.45, 7) is 7.30. The standard InChI is InChI=1S/C25H47NO5/c1-6-26(19(2)17-20-9-12-22(28-3)13-10-20)15-7-8-16-31-25(27)21-11-14-23(29-4)24(18-21)30-5/h19-24H,6-18H2,1-5H3.